The van der Waals surface area contributed by atoms with Crippen molar-refractivity contribution in [2.45, 2.75) is 19.5 Å². The average molecular weight is 361 g/mol. The summed E-state index contributed by atoms with van der Waals surface area (Å²) in [5, 5.41) is 7.30. The maximum atomic E-state index is 13.0. The molecule has 0 saturated carbocycles. The number of amides is 1. The van der Waals surface area contributed by atoms with E-state index in [1.54, 1.807) is 23.5 Å². The Bertz CT molecular complexity index is 666. The molecule has 3 rings (SSSR count). The van der Waals surface area contributed by atoms with Crippen molar-refractivity contribution in [1.82, 2.24) is 15.1 Å². The first-order valence-electron chi connectivity index (χ1n) is 8.61. The van der Waals surface area contributed by atoms with Gasteiger partial charge in [-0.05, 0) is 47.0 Å². The van der Waals surface area contributed by atoms with Crippen LogP contribution in [0.15, 0.2) is 41.1 Å². The lowest BCUT2D eigenvalue weighted by molar-refractivity contribution is -0.123. The predicted octanol–water partition coefficient (Wildman–Crippen LogP) is 2.88. The Hall–Kier alpha value is -1.76. The predicted molar refractivity (Wildman–Crippen MR) is 99.0 cm³/mol. The van der Waals surface area contributed by atoms with Crippen LogP contribution in [0.5, 0.6) is 0 Å². The third kappa shape index (κ3) is 5.36. The van der Waals surface area contributed by atoms with E-state index in [2.05, 4.69) is 31.9 Å². The fraction of sp³-hybridized carbons (Fsp3) is 0.421. The summed E-state index contributed by atoms with van der Waals surface area (Å²) in [5.41, 5.74) is 2.28. The third-order valence-electron chi connectivity index (χ3n) is 4.57. The lowest BCUT2D eigenvalue weighted by Crippen LogP contribution is -2.49. The summed E-state index contributed by atoms with van der Waals surface area (Å²) < 4.78 is 13.0. The van der Waals surface area contributed by atoms with Gasteiger partial charge in [0.2, 0.25) is 5.91 Å². The molecule has 1 aliphatic heterocycles. The van der Waals surface area contributed by atoms with Gasteiger partial charge in [-0.25, -0.2) is 4.39 Å². The first-order valence-corrected chi connectivity index (χ1v) is 9.55. The van der Waals surface area contributed by atoms with Crippen LogP contribution in [-0.4, -0.2) is 48.4 Å². The van der Waals surface area contributed by atoms with Crippen molar-refractivity contribution in [3.63, 3.8) is 0 Å². The van der Waals surface area contributed by atoms with Crippen molar-refractivity contribution in [2.24, 2.45) is 0 Å². The Morgan fingerprint density at radius 3 is 2.48 bits per heavy atom. The number of halogens is 1. The van der Waals surface area contributed by atoms with Crippen LogP contribution in [0.4, 0.5) is 4.39 Å². The monoisotopic (exact) mass is 361 g/mol. The summed E-state index contributed by atoms with van der Waals surface area (Å²) in [6.45, 7) is 7.10. The summed E-state index contributed by atoms with van der Waals surface area (Å²) in [6.07, 6.45) is 0. The van der Waals surface area contributed by atoms with Crippen molar-refractivity contribution < 1.29 is 9.18 Å². The first-order chi connectivity index (χ1) is 12.1. The van der Waals surface area contributed by atoms with Crippen LogP contribution < -0.4 is 5.32 Å². The number of hydrogen-bond donors (Lipinski definition) is 1. The number of rotatable bonds is 6. The molecule has 0 radical (unpaired) electrons. The molecule has 4 nitrogen and oxygen atoms in total. The summed E-state index contributed by atoms with van der Waals surface area (Å²) in [5.74, 6) is -0.245. The Morgan fingerprint density at radius 1 is 1.16 bits per heavy atom. The Labute approximate surface area is 152 Å². The first kappa shape index (κ1) is 18.0. The van der Waals surface area contributed by atoms with Gasteiger partial charge in [-0.3, -0.25) is 14.6 Å². The zero-order valence-corrected chi connectivity index (χ0v) is 15.3. The van der Waals surface area contributed by atoms with Gasteiger partial charge >= 0.3 is 0 Å². The van der Waals surface area contributed by atoms with Crippen LogP contribution in [0.1, 0.15) is 24.1 Å². The highest BCUT2D eigenvalue weighted by atomic mass is 32.1. The van der Waals surface area contributed by atoms with E-state index in [-0.39, 0.29) is 17.8 Å². The minimum Gasteiger partial charge on any atom is -0.348 e. The zero-order valence-electron chi connectivity index (χ0n) is 14.5. The maximum absolute atomic E-state index is 13.0. The van der Waals surface area contributed by atoms with Gasteiger partial charge in [0.15, 0.2) is 0 Å². The van der Waals surface area contributed by atoms with Gasteiger partial charge in [0.05, 0.1) is 12.6 Å². The smallest absolute Gasteiger partial charge is 0.234 e. The minimum atomic E-state index is -0.261. The van der Waals surface area contributed by atoms with Crippen LogP contribution in [0.25, 0.3) is 0 Å². The molecule has 2 aromatic rings. The second kappa shape index (κ2) is 8.56. The molecule has 1 aromatic carbocycles. The molecule has 0 unspecified atom stereocenters. The summed E-state index contributed by atoms with van der Waals surface area (Å²) in [7, 11) is 0. The van der Waals surface area contributed by atoms with E-state index in [0.717, 1.165) is 38.3 Å². The second-order valence-electron chi connectivity index (χ2n) is 6.52. The van der Waals surface area contributed by atoms with Gasteiger partial charge in [0.25, 0.3) is 0 Å². The second-order valence-corrected chi connectivity index (χ2v) is 7.30. The van der Waals surface area contributed by atoms with E-state index in [9.17, 15) is 9.18 Å². The molecule has 1 N–H and O–H groups in total. The molecule has 134 valence electrons. The standard InChI is InChI=1S/C19H24FN3OS/c1-15(17-2-4-18(20)5-3-17)21-19(24)13-23-9-7-22(8-10-23)12-16-6-11-25-14-16/h2-6,11,14-15H,7-10,12-13H2,1H3,(H,21,24)/t15-/m0/s1. The fourth-order valence-corrected chi connectivity index (χ4v) is 3.73. The highest BCUT2D eigenvalue weighted by molar-refractivity contribution is 7.07. The van der Waals surface area contributed by atoms with Crippen molar-refractivity contribution in [3.8, 4) is 0 Å². The van der Waals surface area contributed by atoms with Crippen LogP contribution in [-0.2, 0) is 11.3 Å². The number of carbonyl (C=O) groups excluding carboxylic acids is 1. The number of hydrogen-bond acceptors (Lipinski definition) is 4. The normalized spacial score (nSPS) is 17.4. The van der Waals surface area contributed by atoms with Crippen molar-refractivity contribution in [2.75, 3.05) is 32.7 Å². The van der Waals surface area contributed by atoms with E-state index in [1.165, 1.54) is 17.7 Å². The molecular formula is C19H24FN3OS. The largest absolute Gasteiger partial charge is 0.348 e. The number of nitrogens with one attached hydrogen (secondary N) is 1. The van der Waals surface area contributed by atoms with Crippen LogP contribution in [0.2, 0.25) is 0 Å². The van der Waals surface area contributed by atoms with E-state index in [0.29, 0.717) is 6.54 Å². The average Bonchev–Trinajstić information content (AvgIpc) is 3.10. The quantitative estimate of drug-likeness (QED) is 0.859. The van der Waals surface area contributed by atoms with Gasteiger partial charge in [-0.1, -0.05) is 12.1 Å². The molecule has 1 atom stereocenters. The topological polar surface area (TPSA) is 35.6 Å². The summed E-state index contributed by atoms with van der Waals surface area (Å²) >= 11 is 1.73. The molecule has 0 bridgehead atoms. The number of thiophene rings is 1. The SMILES string of the molecule is C[C@H](NC(=O)CN1CCN(Cc2ccsc2)CC1)c1ccc(F)cc1. The minimum absolute atomic E-state index is 0.0168. The number of carbonyl (C=O) groups is 1. The van der Waals surface area contributed by atoms with E-state index >= 15 is 0 Å². The lowest BCUT2D eigenvalue weighted by Gasteiger charge is -2.34. The molecule has 1 aliphatic rings. The van der Waals surface area contributed by atoms with Gasteiger partial charge in [0.1, 0.15) is 5.82 Å². The Kier molecular flexibility index (Phi) is 6.18. The number of piperazine rings is 1. The van der Waals surface area contributed by atoms with Gasteiger partial charge in [-0.15, -0.1) is 0 Å². The zero-order chi connectivity index (χ0) is 17.6. The highest BCUT2D eigenvalue weighted by Gasteiger charge is 2.20. The van der Waals surface area contributed by atoms with Crippen LogP contribution in [0, 0.1) is 5.82 Å². The van der Waals surface area contributed by atoms with Crippen molar-refractivity contribution >= 4 is 17.2 Å². The van der Waals surface area contributed by atoms with Crippen molar-refractivity contribution in [3.05, 3.63) is 58.0 Å². The lowest BCUT2D eigenvalue weighted by atomic mass is 10.1. The van der Waals surface area contributed by atoms with Gasteiger partial charge < -0.3 is 5.32 Å². The molecule has 2 heterocycles. The molecular weight excluding hydrogens is 337 g/mol. The Balaban J connectivity index is 1.40. The molecule has 1 fully saturated rings. The number of nitrogens with zero attached hydrogens (tertiary/aromatic N) is 2. The van der Waals surface area contributed by atoms with E-state index in [4.69, 9.17) is 0 Å². The molecule has 1 amide bonds. The van der Waals surface area contributed by atoms with Crippen LogP contribution >= 0.6 is 11.3 Å². The number of benzene rings is 1. The van der Waals surface area contributed by atoms with E-state index in [1.807, 2.05) is 6.92 Å². The third-order valence-corrected chi connectivity index (χ3v) is 5.30. The molecule has 1 saturated heterocycles. The fourth-order valence-electron chi connectivity index (χ4n) is 3.07. The molecule has 0 aliphatic carbocycles. The molecule has 1 aromatic heterocycles. The molecule has 6 heteroatoms. The Morgan fingerprint density at radius 2 is 1.84 bits per heavy atom. The van der Waals surface area contributed by atoms with Gasteiger partial charge in [0, 0.05) is 32.7 Å². The highest BCUT2D eigenvalue weighted by Crippen LogP contribution is 2.14. The van der Waals surface area contributed by atoms with Crippen molar-refractivity contribution in [1.29, 1.82) is 0 Å². The summed E-state index contributed by atoms with van der Waals surface area (Å²) in [6, 6.07) is 8.32. The maximum Gasteiger partial charge on any atom is 0.234 e. The molecule has 25 heavy (non-hydrogen) atoms. The van der Waals surface area contributed by atoms with Gasteiger partial charge in [-0.2, -0.15) is 11.3 Å². The molecule has 0 spiro atoms. The summed E-state index contributed by atoms with van der Waals surface area (Å²) in [4.78, 5) is 16.9. The van der Waals surface area contributed by atoms with Crippen LogP contribution in [0.3, 0.4) is 0 Å². The van der Waals surface area contributed by atoms with E-state index < -0.39 is 0 Å².